The summed E-state index contributed by atoms with van der Waals surface area (Å²) >= 11 is 0. The second-order valence-corrected chi connectivity index (χ2v) is 5.09. The summed E-state index contributed by atoms with van der Waals surface area (Å²) in [6.07, 6.45) is 4.35. The van der Waals surface area contributed by atoms with Crippen molar-refractivity contribution in [2.75, 3.05) is 13.2 Å². The molecule has 0 atom stereocenters. The summed E-state index contributed by atoms with van der Waals surface area (Å²) in [5.74, 6) is 0. The molecule has 16 heavy (non-hydrogen) atoms. The van der Waals surface area contributed by atoms with Gasteiger partial charge in [0.15, 0.2) is 0 Å². The Bertz CT molecular complexity index is 197. The van der Waals surface area contributed by atoms with Gasteiger partial charge in [0, 0.05) is 12.1 Å². The molecule has 0 aromatic rings. The summed E-state index contributed by atoms with van der Waals surface area (Å²) in [5, 5.41) is 0. The minimum absolute atomic E-state index is 0.157. The van der Waals surface area contributed by atoms with Gasteiger partial charge in [-0.15, -0.1) is 0 Å². The van der Waals surface area contributed by atoms with Gasteiger partial charge >= 0.3 is 6.09 Å². The molecule has 0 saturated heterocycles. The second-order valence-electron chi connectivity index (χ2n) is 5.09. The van der Waals surface area contributed by atoms with Crippen molar-refractivity contribution in [2.45, 2.75) is 65.8 Å². The van der Waals surface area contributed by atoms with Crippen LogP contribution in [-0.4, -0.2) is 29.7 Å². The van der Waals surface area contributed by atoms with Crippen molar-refractivity contribution in [2.24, 2.45) is 0 Å². The van der Waals surface area contributed by atoms with Gasteiger partial charge in [-0.2, -0.15) is 0 Å². The van der Waals surface area contributed by atoms with Crippen molar-refractivity contribution in [3.8, 4) is 0 Å². The van der Waals surface area contributed by atoms with E-state index in [1.807, 2.05) is 27.7 Å². The van der Waals surface area contributed by atoms with Gasteiger partial charge in [-0.25, -0.2) is 4.79 Å². The van der Waals surface area contributed by atoms with Crippen LogP contribution < -0.4 is 0 Å². The maximum Gasteiger partial charge on any atom is 0.410 e. The largest absolute Gasteiger partial charge is 0.449 e. The van der Waals surface area contributed by atoms with E-state index in [1.54, 1.807) is 4.90 Å². The molecular formula is C13H27NO2. The molecule has 3 nitrogen and oxygen atoms in total. The average molecular weight is 229 g/mol. The van der Waals surface area contributed by atoms with Crippen LogP contribution in [0.15, 0.2) is 0 Å². The number of ether oxygens (including phenoxy) is 1. The highest BCUT2D eigenvalue weighted by Gasteiger charge is 2.25. The van der Waals surface area contributed by atoms with E-state index in [0.717, 1.165) is 12.8 Å². The van der Waals surface area contributed by atoms with Gasteiger partial charge in [0.2, 0.25) is 0 Å². The monoisotopic (exact) mass is 229 g/mol. The maximum atomic E-state index is 11.8. The van der Waals surface area contributed by atoms with Crippen molar-refractivity contribution >= 4 is 6.09 Å². The first kappa shape index (κ1) is 15.3. The summed E-state index contributed by atoms with van der Waals surface area (Å²) in [4.78, 5) is 13.5. The van der Waals surface area contributed by atoms with Crippen molar-refractivity contribution in [3.63, 3.8) is 0 Å². The summed E-state index contributed by atoms with van der Waals surface area (Å²) in [6, 6.07) is 0. The molecule has 0 radical (unpaired) electrons. The minimum atomic E-state index is -0.188. The number of carbonyl (C=O) groups is 1. The second kappa shape index (κ2) is 7.53. The molecule has 0 bridgehead atoms. The molecule has 0 aliphatic heterocycles. The van der Waals surface area contributed by atoms with Crippen LogP contribution in [0.2, 0.25) is 0 Å². The molecule has 0 spiro atoms. The zero-order chi connectivity index (χ0) is 12.6. The van der Waals surface area contributed by atoms with Gasteiger partial charge in [0.05, 0.1) is 6.61 Å². The molecule has 0 heterocycles. The third kappa shape index (κ3) is 5.99. The Labute approximate surface area is 100 Å². The predicted molar refractivity (Wildman–Crippen MR) is 67.6 cm³/mol. The Kier molecular flexibility index (Phi) is 7.18. The topological polar surface area (TPSA) is 29.5 Å². The minimum Gasteiger partial charge on any atom is -0.449 e. The molecular weight excluding hydrogens is 202 g/mol. The van der Waals surface area contributed by atoms with Crippen LogP contribution in [0, 0.1) is 0 Å². The van der Waals surface area contributed by atoms with E-state index in [-0.39, 0.29) is 11.6 Å². The maximum absolute atomic E-state index is 11.8. The first-order chi connectivity index (χ1) is 7.43. The molecule has 1 amide bonds. The molecule has 0 fully saturated rings. The van der Waals surface area contributed by atoms with Crippen LogP contribution in [0.1, 0.15) is 60.3 Å². The van der Waals surface area contributed by atoms with Crippen LogP contribution in [-0.2, 0) is 4.74 Å². The van der Waals surface area contributed by atoms with E-state index >= 15 is 0 Å². The Morgan fingerprint density at radius 3 is 2.19 bits per heavy atom. The van der Waals surface area contributed by atoms with Gasteiger partial charge in [-0.1, -0.05) is 26.2 Å². The number of hydrogen-bond donors (Lipinski definition) is 0. The lowest BCUT2D eigenvalue weighted by molar-refractivity contribution is 0.0694. The zero-order valence-electron chi connectivity index (χ0n) is 11.5. The van der Waals surface area contributed by atoms with Crippen molar-refractivity contribution < 1.29 is 9.53 Å². The Balaban J connectivity index is 3.86. The van der Waals surface area contributed by atoms with Gasteiger partial charge in [0.25, 0.3) is 0 Å². The third-order valence-electron chi connectivity index (χ3n) is 2.57. The molecule has 0 rings (SSSR count). The fraction of sp³-hybridized carbons (Fsp3) is 0.923. The first-order valence-corrected chi connectivity index (χ1v) is 6.37. The zero-order valence-corrected chi connectivity index (χ0v) is 11.5. The fourth-order valence-electron chi connectivity index (χ4n) is 1.64. The van der Waals surface area contributed by atoms with Gasteiger partial charge < -0.3 is 9.64 Å². The van der Waals surface area contributed by atoms with E-state index in [0.29, 0.717) is 13.2 Å². The van der Waals surface area contributed by atoms with Crippen molar-refractivity contribution in [1.29, 1.82) is 0 Å². The first-order valence-electron chi connectivity index (χ1n) is 6.37. The summed E-state index contributed by atoms with van der Waals surface area (Å²) in [5.41, 5.74) is -0.157. The smallest absolute Gasteiger partial charge is 0.410 e. The van der Waals surface area contributed by atoms with Crippen LogP contribution in [0.3, 0.4) is 0 Å². The van der Waals surface area contributed by atoms with Crippen LogP contribution >= 0.6 is 0 Å². The molecule has 96 valence electrons. The number of nitrogens with zero attached hydrogens (tertiary/aromatic N) is 1. The molecule has 3 heteroatoms. The Hall–Kier alpha value is -0.730. The SMILES string of the molecule is CCCCCCOC(=O)N(CC)C(C)(C)C. The van der Waals surface area contributed by atoms with Gasteiger partial charge in [-0.05, 0) is 34.1 Å². The average Bonchev–Trinajstić information content (AvgIpc) is 2.16. The van der Waals surface area contributed by atoms with Crippen LogP contribution in [0.25, 0.3) is 0 Å². The quantitative estimate of drug-likeness (QED) is 0.648. The number of rotatable bonds is 6. The molecule has 0 aliphatic rings. The molecule has 0 saturated carbocycles. The normalized spacial score (nSPS) is 11.3. The lowest BCUT2D eigenvalue weighted by Gasteiger charge is -2.33. The van der Waals surface area contributed by atoms with E-state index in [9.17, 15) is 4.79 Å². The van der Waals surface area contributed by atoms with Crippen molar-refractivity contribution in [3.05, 3.63) is 0 Å². The molecule has 0 aliphatic carbocycles. The Morgan fingerprint density at radius 1 is 1.12 bits per heavy atom. The predicted octanol–water partition coefficient (Wildman–Crippen LogP) is 3.82. The van der Waals surface area contributed by atoms with Gasteiger partial charge in [0.1, 0.15) is 0 Å². The van der Waals surface area contributed by atoms with E-state index in [2.05, 4.69) is 6.92 Å². The number of hydrogen-bond acceptors (Lipinski definition) is 2. The summed E-state index contributed by atoms with van der Waals surface area (Å²) in [6.45, 7) is 11.5. The van der Waals surface area contributed by atoms with Crippen LogP contribution in [0.5, 0.6) is 0 Å². The van der Waals surface area contributed by atoms with E-state index in [4.69, 9.17) is 4.74 Å². The number of carbonyl (C=O) groups excluding carboxylic acids is 1. The highest BCUT2D eigenvalue weighted by atomic mass is 16.6. The third-order valence-corrected chi connectivity index (χ3v) is 2.57. The number of amides is 1. The summed E-state index contributed by atoms with van der Waals surface area (Å²) < 4.78 is 5.26. The highest BCUT2D eigenvalue weighted by Crippen LogP contribution is 2.14. The Morgan fingerprint density at radius 2 is 1.75 bits per heavy atom. The lowest BCUT2D eigenvalue weighted by atomic mass is 10.1. The fourth-order valence-corrected chi connectivity index (χ4v) is 1.64. The van der Waals surface area contributed by atoms with Gasteiger partial charge in [-0.3, -0.25) is 0 Å². The summed E-state index contributed by atoms with van der Waals surface area (Å²) in [7, 11) is 0. The molecule has 0 unspecified atom stereocenters. The molecule has 0 N–H and O–H groups in total. The van der Waals surface area contributed by atoms with Crippen LogP contribution in [0.4, 0.5) is 4.79 Å². The number of unbranched alkanes of at least 4 members (excludes halogenated alkanes) is 3. The lowest BCUT2D eigenvalue weighted by Crippen LogP contribution is -2.45. The highest BCUT2D eigenvalue weighted by molar-refractivity contribution is 5.68. The molecule has 0 aromatic heterocycles. The standard InChI is InChI=1S/C13H27NO2/c1-6-8-9-10-11-16-12(15)14(7-2)13(3,4)5/h6-11H2,1-5H3. The van der Waals surface area contributed by atoms with E-state index in [1.165, 1.54) is 12.8 Å². The van der Waals surface area contributed by atoms with E-state index < -0.39 is 0 Å². The van der Waals surface area contributed by atoms with Crippen molar-refractivity contribution in [1.82, 2.24) is 4.90 Å². The molecule has 0 aromatic carbocycles.